The minimum Gasteiger partial charge on any atom is -0.497 e. The van der Waals surface area contributed by atoms with Gasteiger partial charge in [-0.2, -0.15) is 0 Å². The first-order valence-corrected chi connectivity index (χ1v) is 7.76. The lowest BCUT2D eigenvalue weighted by Gasteiger charge is -2.16. The molecule has 1 fully saturated rings. The lowest BCUT2D eigenvalue weighted by molar-refractivity contribution is 0.0593. The van der Waals surface area contributed by atoms with Crippen molar-refractivity contribution in [2.75, 3.05) is 20.3 Å². The van der Waals surface area contributed by atoms with Gasteiger partial charge in [-0.3, -0.25) is 0 Å². The number of benzene rings is 1. The van der Waals surface area contributed by atoms with Crippen LogP contribution in [0.4, 0.5) is 0 Å². The summed E-state index contributed by atoms with van der Waals surface area (Å²) in [6, 6.07) is 8.77. The maximum Gasteiger partial charge on any atom is 0.118 e. The van der Waals surface area contributed by atoms with Crippen molar-refractivity contribution in [3.05, 3.63) is 29.8 Å². The highest BCUT2D eigenvalue weighted by Gasteiger charge is 2.14. The Labute approximate surface area is 122 Å². The van der Waals surface area contributed by atoms with Gasteiger partial charge in [-0.1, -0.05) is 25.0 Å². The Morgan fingerprint density at radius 3 is 2.55 bits per heavy atom. The summed E-state index contributed by atoms with van der Waals surface area (Å²) in [6.45, 7) is 3.99. The lowest BCUT2D eigenvalue weighted by Crippen LogP contribution is -2.31. The molecule has 0 radical (unpaired) electrons. The number of rotatable bonds is 8. The molecule has 2 rings (SSSR count). The third-order valence-electron chi connectivity index (χ3n) is 3.95. The zero-order valence-electron chi connectivity index (χ0n) is 12.7. The first-order valence-electron chi connectivity index (χ1n) is 7.76. The molecule has 0 spiro atoms. The molecule has 1 saturated carbocycles. The molecule has 0 amide bonds. The molecule has 1 N–H and O–H groups in total. The van der Waals surface area contributed by atoms with E-state index in [1.165, 1.54) is 31.2 Å². The van der Waals surface area contributed by atoms with Crippen LogP contribution in [0.2, 0.25) is 0 Å². The molecular weight excluding hydrogens is 250 g/mol. The Bertz CT molecular complexity index is 371. The van der Waals surface area contributed by atoms with Crippen LogP contribution in [-0.2, 0) is 11.2 Å². The number of hydrogen-bond donors (Lipinski definition) is 1. The van der Waals surface area contributed by atoms with Gasteiger partial charge in [0.15, 0.2) is 0 Å². The summed E-state index contributed by atoms with van der Waals surface area (Å²) in [5.74, 6) is 0.916. The fraction of sp³-hybridized carbons (Fsp3) is 0.647. The van der Waals surface area contributed by atoms with Gasteiger partial charge in [0.05, 0.1) is 19.8 Å². The van der Waals surface area contributed by atoms with Crippen molar-refractivity contribution < 1.29 is 9.47 Å². The summed E-state index contributed by atoms with van der Waals surface area (Å²) in [7, 11) is 1.70. The van der Waals surface area contributed by atoms with Crippen molar-refractivity contribution in [3.8, 4) is 5.75 Å². The molecule has 0 bridgehead atoms. The first kappa shape index (κ1) is 15.3. The molecule has 1 aromatic rings. The standard InChI is InChI=1S/C17H27NO2/c1-14(13-15-7-9-16(19-2)10-8-15)18-11-12-20-17-5-3-4-6-17/h7-10,14,17-18H,3-6,11-13H2,1-2H3. The number of nitrogens with one attached hydrogen (secondary N) is 1. The fourth-order valence-electron chi connectivity index (χ4n) is 2.77. The van der Waals surface area contributed by atoms with E-state index in [1.54, 1.807) is 7.11 Å². The van der Waals surface area contributed by atoms with Gasteiger partial charge in [-0.25, -0.2) is 0 Å². The van der Waals surface area contributed by atoms with Gasteiger partial charge in [0, 0.05) is 12.6 Å². The maximum atomic E-state index is 5.85. The first-order chi connectivity index (χ1) is 9.78. The van der Waals surface area contributed by atoms with Crippen LogP contribution in [0.1, 0.15) is 38.2 Å². The van der Waals surface area contributed by atoms with E-state index in [0.717, 1.165) is 25.3 Å². The van der Waals surface area contributed by atoms with Gasteiger partial charge in [-0.15, -0.1) is 0 Å². The van der Waals surface area contributed by atoms with Crippen molar-refractivity contribution >= 4 is 0 Å². The molecule has 0 aliphatic heterocycles. The van der Waals surface area contributed by atoms with Crippen LogP contribution in [0, 0.1) is 0 Å². The molecule has 1 unspecified atom stereocenters. The van der Waals surface area contributed by atoms with Crippen LogP contribution in [0.15, 0.2) is 24.3 Å². The van der Waals surface area contributed by atoms with Crippen molar-refractivity contribution in [2.45, 2.75) is 51.2 Å². The van der Waals surface area contributed by atoms with E-state index in [2.05, 4.69) is 24.4 Å². The highest BCUT2D eigenvalue weighted by molar-refractivity contribution is 5.27. The SMILES string of the molecule is COc1ccc(CC(C)NCCOC2CCCC2)cc1. The Balaban J connectivity index is 1.60. The van der Waals surface area contributed by atoms with E-state index in [0.29, 0.717) is 12.1 Å². The highest BCUT2D eigenvalue weighted by Crippen LogP contribution is 2.20. The molecule has 0 saturated heterocycles. The molecule has 20 heavy (non-hydrogen) atoms. The smallest absolute Gasteiger partial charge is 0.118 e. The number of ether oxygens (including phenoxy) is 2. The van der Waals surface area contributed by atoms with Gasteiger partial charge in [-0.05, 0) is 43.9 Å². The van der Waals surface area contributed by atoms with Crippen LogP contribution < -0.4 is 10.1 Å². The second-order valence-corrected chi connectivity index (χ2v) is 5.68. The average Bonchev–Trinajstić information content (AvgIpc) is 2.98. The monoisotopic (exact) mass is 277 g/mol. The molecule has 1 atom stereocenters. The Morgan fingerprint density at radius 2 is 1.90 bits per heavy atom. The van der Waals surface area contributed by atoms with Crippen LogP contribution >= 0.6 is 0 Å². The summed E-state index contributed by atoms with van der Waals surface area (Å²) in [5.41, 5.74) is 1.34. The quantitative estimate of drug-likeness (QED) is 0.740. The molecule has 1 aliphatic carbocycles. The van der Waals surface area contributed by atoms with Gasteiger partial charge in [0.25, 0.3) is 0 Å². The van der Waals surface area contributed by atoms with Crippen LogP contribution in [0.5, 0.6) is 5.75 Å². The van der Waals surface area contributed by atoms with E-state index in [9.17, 15) is 0 Å². The number of hydrogen-bond acceptors (Lipinski definition) is 3. The summed E-state index contributed by atoms with van der Waals surface area (Å²) >= 11 is 0. The second kappa shape index (κ2) is 8.28. The molecule has 3 nitrogen and oxygen atoms in total. The summed E-state index contributed by atoms with van der Waals surface area (Å²) in [4.78, 5) is 0. The van der Waals surface area contributed by atoms with Crippen molar-refractivity contribution in [1.29, 1.82) is 0 Å². The highest BCUT2D eigenvalue weighted by atomic mass is 16.5. The molecule has 0 heterocycles. The predicted octanol–water partition coefficient (Wildman–Crippen LogP) is 3.18. The molecular formula is C17H27NO2. The van der Waals surface area contributed by atoms with E-state index < -0.39 is 0 Å². The van der Waals surface area contributed by atoms with Crippen LogP contribution in [0.25, 0.3) is 0 Å². The average molecular weight is 277 g/mol. The molecule has 0 aromatic heterocycles. The zero-order chi connectivity index (χ0) is 14.2. The Hall–Kier alpha value is -1.06. The molecule has 112 valence electrons. The lowest BCUT2D eigenvalue weighted by atomic mass is 10.1. The predicted molar refractivity (Wildman–Crippen MR) is 82.4 cm³/mol. The minimum absolute atomic E-state index is 0.468. The Morgan fingerprint density at radius 1 is 1.20 bits per heavy atom. The second-order valence-electron chi connectivity index (χ2n) is 5.68. The van der Waals surface area contributed by atoms with Gasteiger partial charge < -0.3 is 14.8 Å². The van der Waals surface area contributed by atoms with E-state index in [1.807, 2.05) is 12.1 Å². The molecule has 1 aromatic carbocycles. The summed E-state index contributed by atoms with van der Waals surface area (Å²) in [6.07, 6.45) is 6.74. The topological polar surface area (TPSA) is 30.5 Å². The summed E-state index contributed by atoms with van der Waals surface area (Å²) in [5, 5.41) is 3.53. The fourth-order valence-corrected chi connectivity index (χ4v) is 2.77. The third-order valence-corrected chi connectivity index (χ3v) is 3.95. The zero-order valence-corrected chi connectivity index (χ0v) is 12.7. The number of methoxy groups -OCH3 is 1. The van der Waals surface area contributed by atoms with Gasteiger partial charge >= 0.3 is 0 Å². The van der Waals surface area contributed by atoms with Crippen LogP contribution in [0.3, 0.4) is 0 Å². The molecule has 1 aliphatic rings. The van der Waals surface area contributed by atoms with E-state index in [4.69, 9.17) is 9.47 Å². The van der Waals surface area contributed by atoms with Gasteiger partial charge in [0.2, 0.25) is 0 Å². The van der Waals surface area contributed by atoms with Crippen molar-refractivity contribution in [2.24, 2.45) is 0 Å². The van der Waals surface area contributed by atoms with E-state index >= 15 is 0 Å². The van der Waals surface area contributed by atoms with Crippen LogP contribution in [-0.4, -0.2) is 32.4 Å². The normalized spacial score (nSPS) is 17.3. The largest absolute Gasteiger partial charge is 0.497 e. The van der Waals surface area contributed by atoms with E-state index in [-0.39, 0.29) is 0 Å². The van der Waals surface area contributed by atoms with Crippen molar-refractivity contribution in [3.63, 3.8) is 0 Å². The van der Waals surface area contributed by atoms with Crippen molar-refractivity contribution in [1.82, 2.24) is 5.32 Å². The third kappa shape index (κ3) is 5.14. The summed E-state index contributed by atoms with van der Waals surface area (Å²) < 4.78 is 11.0. The Kier molecular flexibility index (Phi) is 6.34. The van der Waals surface area contributed by atoms with Gasteiger partial charge in [0.1, 0.15) is 5.75 Å². The minimum atomic E-state index is 0.468. The maximum absolute atomic E-state index is 5.85. The molecule has 3 heteroatoms.